The molecular formula is C26H32F3N5O3. The van der Waals surface area contributed by atoms with Crippen molar-refractivity contribution < 1.29 is 27.8 Å². The number of aliphatic hydroxyl groups excluding tert-OH is 1. The van der Waals surface area contributed by atoms with Crippen molar-refractivity contribution in [1.82, 2.24) is 15.3 Å². The van der Waals surface area contributed by atoms with E-state index in [1.807, 2.05) is 0 Å². The molecule has 8 nitrogen and oxygen atoms in total. The van der Waals surface area contributed by atoms with Gasteiger partial charge in [-0.05, 0) is 68.6 Å². The third-order valence-corrected chi connectivity index (χ3v) is 7.42. The normalized spacial score (nSPS) is 24.9. The summed E-state index contributed by atoms with van der Waals surface area (Å²) in [5.74, 6) is 1.55. The highest BCUT2D eigenvalue weighted by Gasteiger charge is 2.46. The lowest BCUT2D eigenvalue weighted by atomic mass is 9.93. The number of anilines is 2. The first kappa shape index (κ1) is 25.6. The number of nitrogens with zero attached hydrogens (tertiary/aromatic N) is 3. The van der Waals surface area contributed by atoms with Crippen LogP contribution in [0, 0.1) is 11.8 Å². The predicted octanol–water partition coefficient (Wildman–Crippen LogP) is 4.00. The van der Waals surface area contributed by atoms with Crippen LogP contribution >= 0.6 is 0 Å². The molecule has 2 heterocycles. The second-order valence-corrected chi connectivity index (χ2v) is 10.2. The Morgan fingerprint density at radius 3 is 2.59 bits per heavy atom. The molecule has 2 aromatic rings. The molecule has 1 aromatic heterocycles. The van der Waals surface area contributed by atoms with Gasteiger partial charge in [-0.15, -0.1) is 0 Å². The molecule has 1 saturated heterocycles. The fraction of sp³-hybridized carbons (Fsp3) is 0.577. The van der Waals surface area contributed by atoms with Crippen LogP contribution in [0.15, 0.2) is 24.4 Å². The van der Waals surface area contributed by atoms with E-state index in [1.165, 1.54) is 18.7 Å². The monoisotopic (exact) mass is 519 g/mol. The van der Waals surface area contributed by atoms with E-state index in [2.05, 4.69) is 25.5 Å². The summed E-state index contributed by atoms with van der Waals surface area (Å²) in [6.07, 6.45) is 0.422. The second-order valence-electron chi connectivity index (χ2n) is 10.2. The Hall–Kier alpha value is -3.08. The Balaban J connectivity index is 1.36. The topological polar surface area (TPSA) is 99.6 Å². The maximum absolute atomic E-state index is 13.6. The molecule has 2 atom stereocenters. The van der Waals surface area contributed by atoms with Gasteiger partial charge in [-0.1, -0.05) is 6.07 Å². The first-order chi connectivity index (χ1) is 17.7. The largest absolute Gasteiger partial charge is 0.493 e. The Morgan fingerprint density at radius 2 is 1.92 bits per heavy atom. The van der Waals surface area contributed by atoms with Gasteiger partial charge in [0, 0.05) is 31.9 Å². The molecule has 2 aliphatic carbocycles. The van der Waals surface area contributed by atoms with Gasteiger partial charge in [-0.2, -0.15) is 18.2 Å². The minimum Gasteiger partial charge on any atom is -0.493 e. The Kier molecular flexibility index (Phi) is 7.15. The summed E-state index contributed by atoms with van der Waals surface area (Å²) in [5, 5.41) is 15.8. The van der Waals surface area contributed by atoms with Crippen molar-refractivity contribution in [3.05, 3.63) is 41.1 Å². The average molecular weight is 520 g/mol. The molecule has 1 amide bonds. The lowest BCUT2D eigenvalue weighted by Crippen LogP contribution is -2.39. The van der Waals surface area contributed by atoms with E-state index in [0.717, 1.165) is 19.2 Å². The molecule has 0 bridgehead atoms. The first-order valence-electron chi connectivity index (χ1n) is 12.9. The first-order valence-corrected chi connectivity index (χ1v) is 12.9. The smallest absolute Gasteiger partial charge is 0.419 e. The molecular weight excluding hydrogens is 487 g/mol. The van der Waals surface area contributed by atoms with Gasteiger partial charge in [0.15, 0.2) is 0 Å². The number of fused-ring (bicyclic) bond motifs is 1. The molecule has 3 aliphatic rings. The summed E-state index contributed by atoms with van der Waals surface area (Å²) in [5.41, 5.74) is -0.224. The molecule has 5 rings (SSSR count). The van der Waals surface area contributed by atoms with Gasteiger partial charge in [0.25, 0.3) is 5.91 Å². The zero-order chi connectivity index (χ0) is 26.2. The van der Waals surface area contributed by atoms with Gasteiger partial charge in [-0.3, -0.25) is 4.79 Å². The molecule has 0 spiro atoms. The molecule has 200 valence electrons. The van der Waals surface area contributed by atoms with E-state index in [-0.39, 0.29) is 48.3 Å². The molecule has 3 fully saturated rings. The van der Waals surface area contributed by atoms with Crippen LogP contribution in [0.1, 0.15) is 60.5 Å². The predicted molar refractivity (Wildman–Crippen MR) is 132 cm³/mol. The third-order valence-electron chi connectivity index (χ3n) is 7.42. The summed E-state index contributed by atoms with van der Waals surface area (Å²) >= 11 is 0. The van der Waals surface area contributed by atoms with E-state index in [4.69, 9.17) is 4.74 Å². The summed E-state index contributed by atoms with van der Waals surface area (Å²) < 4.78 is 46.0. The minimum atomic E-state index is -4.56. The number of amides is 1. The van der Waals surface area contributed by atoms with Gasteiger partial charge in [-0.25, -0.2) is 4.98 Å². The van der Waals surface area contributed by atoms with Crippen molar-refractivity contribution in [2.45, 2.75) is 63.9 Å². The fourth-order valence-electron chi connectivity index (χ4n) is 5.25. The number of hydrogen-bond acceptors (Lipinski definition) is 7. The quantitative estimate of drug-likeness (QED) is 0.485. The molecule has 1 aromatic carbocycles. The molecule has 2 saturated carbocycles. The summed E-state index contributed by atoms with van der Waals surface area (Å²) in [4.78, 5) is 24.3. The number of benzene rings is 1. The number of nitrogens with one attached hydrogen (secondary N) is 2. The molecule has 3 N–H and O–H groups in total. The number of alkyl halides is 3. The number of piperidine rings is 1. The lowest BCUT2D eigenvalue weighted by Gasteiger charge is -2.26. The van der Waals surface area contributed by atoms with Crippen LogP contribution < -0.4 is 20.3 Å². The molecule has 37 heavy (non-hydrogen) atoms. The number of ether oxygens (including phenoxy) is 1. The van der Waals surface area contributed by atoms with Gasteiger partial charge in [0.1, 0.15) is 17.1 Å². The van der Waals surface area contributed by atoms with Crippen LogP contribution in [0.4, 0.5) is 24.9 Å². The zero-order valence-electron chi connectivity index (χ0n) is 20.7. The minimum absolute atomic E-state index is 0.0348. The van der Waals surface area contributed by atoms with Crippen molar-refractivity contribution >= 4 is 17.7 Å². The Morgan fingerprint density at radius 1 is 1.19 bits per heavy atom. The third kappa shape index (κ3) is 5.92. The second kappa shape index (κ2) is 10.4. The van der Waals surface area contributed by atoms with Crippen LogP contribution in [0.3, 0.4) is 0 Å². The molecule has 0 unspecified atom stereocenters. The lowest BCUT2D eigenvalue weighted by molar-refractivity contribution is -0.139. The van der Waals surface area contributed by atoms with Crippen LogP contribution in [0.5, 0.6) is 5.75 Å². The number of halogens is 3. The van der Waals surface area contributed by atoms with Crippen molar-refractivity contribution in [3.63, 3.8) is 0 Å². The average Bonchev–Trinajstić information content (AvgIpc) is 3.48. The highest BCUT2D eigenvalue weighted by Crippen LogP contribution is 2.45. The van der Waals surface area contributed by atoms with Crippen molar-refractivity contribution in [2.75, 3.05) is 29.9 Å². The van der Waals surface area contributed by atoms with Gasteiger partial charge in [0.2, 0.25) is 5.95 Å². The molecule has 1 aliphatic heterocycles. The van der Waals surface area contributed by atoms with Gasteiger partial charge >= 0.3 is 6.18 Å². The van der Waals surface area contributed by atoms with Crippen LogP contribution in [0.25, 0.3) is 0 Å². The number of carbonyl (C=O) groups is 1. The van der Waals surface area contributed by atoms with E-state index < -0.39 is 11.7 Å². The van der Waals surface area contributed by atoms with Gasteiger partial charge < -0.3 is 25.4 Å². The van der Waals surface area contributed by atoms with E-state index in [0.29, 0.717) is 49.0 Å². The van der Waals surface area contributed by atoms with Crippen molar-refractivity contribution in [2.24, 2.45) is 11.8 Å². The highest BCUT2D eigenvalue weighted by molar-refractivity contribution is 5.98. The zero-order valence-corrected chi connectivity index (χ0v) is 20.7. The number of carbonyl (C=O) groups excluding carboxylic acids is 1. The van der Waals surface area contributed by atoms with E-state index >= 15 is 0 Å². The summed E-state index contributed by atoms with van der Waals surface area (Å²) in [6, 6.07) is 3.88. The maximum Gasteiger partial charge on any atom is 0.419 e. The SMILES string of the molecule is CCOc1ccc(CNc2nc(N3C[C@@H]4C[C@H]4C3)ncc2C(=O)NC2CCC(O)CC2)cc1C(F)(F)F. The number of rotatable bonds is 8. The number of aromatic nitrogens is 2. The standard InChI is InChI=1S/C26H32F3N5O3/c1-2-37-22-8-3-15(9-21(22)26(27,28)29)11-30-23-20(24(36)32-18-4-6-19(35)7-5-18)12-31-25(33-23)34-13-16-10-17(16)14-34/h3,8-9,12,16-19,35H,2,4-7,10-11,13-14H2,1H3,(H,32,36)(H,30,31,33)/t16-,17-,18?,19?/m0/s1. The Bertz CT molecular complexity index is 1130. The van der Waals surface area contributed by atoms with Crippen LogP contribution in [-0.2, 0) is 12.7 Å². The maximum atomic E-state index is 13.6. The summed E-state index contributed by atoms with van der Waals surface area (Å²) in [7, 11) is 0. The van der Waals surface area contributed by atoms with Crippen molar-refractivity contribution in [1.29, 1.82) is 0 Å². The molecule has 0 radical (unpaired) electrons. The number of aliphatic hydroxyl groups is 1. The summed E-state index contributed by atoms with van der Waals surface area (Å²) in [6.45, 7) is 3.53. The van der Waals surface area contributed by atoms with Crippen LogP contribution in [-0.4, -0.2) is 52.8 Å². The van der Waals surface area contributed by atoms with Crippen molar-refractivity contribution in [3.8, 4) is 5.75 Å². The molecule has 11 heteroatoms. The van der Waals surface area contributed by atoms with E-state index in [1.54, 1.807) is 13.0 Å². The number of hydrogen-bond donors (Lipinski definition) is 3. The van der Waals surface area contributed by atoms with E-state index in [9.17, 15) is 23.1 Å². The van der Waals surface area contributed by atoms with Gasteiger partial charge in [0.05, 0.1) is 18.3 Å². The highest BCUT2D eigenvalue weighted by atomic mass is 19.4. The van der Waals surface area contributed by atoms with Crippen LogP contribution in [0.2, 0.25) is 0 Å². The Labute approximate surface area is 213 Å². The fourth-order valence-corrected chi connectivity index (χ4v) is 5.25.